The van der Waals surface area contributed by atoms with E-state index in [0.29, 0.717) is 9.49 Å². The van der Waals surface area contributed by atoms with E-state index in [0.717, 1.165) is 38.6 Å². The number of hydrogen-bond acceptors (Lipinski definition) is 5. The van der Waals surface area contributed by atoms with Crippen LogP contribution in [0.15, 0.2) is 101 Å². The van der Waals surface area contributed by atoms with E-state index in [1.807, 2.05) is 54.6 Å². The monoisotopic (exact) mass is 504 g/mol. The second-order valence-corrected chi connectivity index (χ2v) is 10.8. The van der Waals surface area contributed by atoms with Gasteiger partial charge < -0.3 is 4.74 Å². The number of rotatable bonds is 3. The quantitative estimate of drug-likeness (QED) is 0.280. The van der Waals surface area contributed by atoms with Crippen molar-refractivity contribution in [3.8, 4) is 5.75 Å². The summed E-state index contributed by atoms with van der Waals surface area (Å²) in [5, 5.41) is 2.05. The Labute approximate surface area is 215 Å². The maximum absolute atomic E-state index is 13.7. The first-order valence-corrected chi connectivity index (χ1v) is 13.4. The zero-order valence-electron chi connectivity index (χ0n) is 19.3. The number of para-hydroxylation sites is 3. The van der Waals surface area contributed by atoms with E-state index >= 15 is 0 Å². The molecule has 1 aliphatic heterocycles. The van der Waals surface area contributed by atoms with E-state index in [1.54, 1.807) is 15.7 Å². The van der Waals surface area contributed by atoms with Gasteiger partial charge in [-0.3, -0.25) is 4.79 Å². The fourth-order valence-corrected chi connectivity index (χ4v) is 6.73. The second-order valence-electron chi connectivity index (χ2n) is 8.83. The molecule has 6 aromatic rings. The van der Waals surface area contributed by atoms with E-state index in [4.69, 9.17) is 9.72 Å². The van der Waals surface area contributed by atoms with Crippen molar-refractivity contribution in [2.75, 3.05) is 0 Å². The molecule has 0 fully saturated rings. The average Bonchev–Trinajstić information content (AvgIpc) is 3.62. The summed E-state index contributed by atoms with van der Waals surface area (Å²) in [5.74, 6) is 1.58. The third-order valence-electron chi connectivity index (χ3n) is 6.69. The van der Waals surface area contributed by atoms with Gasteiger partial charge >= 0.3 is 0 Å². The molecule has 0 saturated heterocycles. The van der Waals surface area contributed by atoms with Crippen molar-refractivity contribution >= 4 is 50.5 Å². The molecule has 0 saturated carbocycles. The van der Waals surface area contributed by atoms with Crippen LogP contribution in [0.4, 0.5) is 0 Å². The summed E-state index contributed by atoms with van der Waals surface area (Å²) in [4.78, 5) is 20.1. The molecule has 4 heterocycles. The first-order valence-electron chi connectivity index (χ1n) is 11.7. The van der Waals surface area contributed by atoms with Gasteiger partial charge in [0.2, 0.25) is 0 Å². The van der Waals surface area contributed by atoms with Crippen molar-refractivity contribution in [1.29, 1.82) is 0 Å². The number of allylic oxidation sites excluding steroid dienone is 1. The molecule has 36 heavy (non-hydrogen) atoms. The number of imidazole rings is 1. The Kier molecular flexibility index (Phi) is 4.91. The molecule has 1 unspecified atom stereocenters. The van der Waals surface area contributed by atoms with Gasteiger partial charge in [-0.05, 0) is 53.8 Å². The second kappa shape index (κ2) is 8.29. The van der Waals surface area contributed by atoms with E-state index in [9.17, 15) is 4.79 Å². The Morgan fingerprint density at radius 3 is 2.53 bits per heavy atom. The molecule has 0 N–H and O–H groups in total. The lowest BCUT2D eigenvalue weighted by molar-refractivity contribution is 0.490. The number of thiophene rings is 1. The molecule has 0 aliphatic carbocycles. The van der Waals surface area contributed by atoms with Crippen LogP contribution in [-0.2, 0) is 0 Å². The summed E-state index contributed by atoms with van der Waals surface area (Å²) in [7, 11) is 0. The van der Waals surface area contributed by atoms with E-state index in [1.165, 1.54) is 22.5 Å². The Bertz CT molecular complexity index is 1910. The highest BCUT2D eigenvalue weighted by Gasteiger charge is 2.32. The molecule has 4 nitrogen and oxygen atoms in total. The fraction of sp³-hybridized carbons (Fsp3) is 0.0667. The van der Waals surface area contributed by atoms with Crippen molar-refractivity contribution in [2.45, 2.75) is 12.8 Å². The molecule has 0 radical (unpaired) electrons. The summed E-state index contributed by atoms with van der Waals surface area (Å²) in [6.07, 6.45) is 2.03. The average molecular weight is 505 g/mol. The number of benzene rings is 3. The summed E-state index contributed by atoms with van der Waals surface area (Å²) >= 11 is 3.06. The maximum Gasteiger partial charge on any atom is 0.274 e. The summed E-state index contributed by atoms with van der Waals surface area (Å²) in [6, 6.07) is 28.5. The normalized spacial score (nSPS) is 16.0. The van der Waals surface area contributed by atoms with Crippen LogP contribution in [0.1, 0.15) is 27.5 Å². The van der Waals surface area contributed by atoms with Crippen LogP contribution in [0.5, 0.6) is 5.75 Å². The molecule has 3 aromatic carbocycles. The fourth-order valence-electron chi connectivity index (χ4n) is 5.03. The van der Waals surface area contributed by atoms with Gasteiger partial charge in [0.05, 0.1) is 20.4 Å². The standard InChI is InChI=1S/C30H20N2O2S2/c1-18-9-2-3-10-19(18)27-20-11-4-7-14-24(20)34-28(25-15-8-16-35-25)21(27)17-26-29(33)32-23-13-6-5-12-22(23)31-30(32)36-26/h2-17,27H,1H3. The lowest BCUT2D eigenvalue weighted by Crippen LogP contribution is -2.25. The predicted molar refractivity (Wildman–Crippen MR) is 148 cm³/mol. The number of hydrogen-bond donors (Lipinski definition) is 0. The third kappa shape index (κ3) is 3.26. The summed E-state index contributed by atoms with van der Waals surface area (Å²) in [6.45, 7) is 2.14. The Morgan fingerprint density at radius 2 is 1.69 bits per heavy atom. The van der Waals surface area contributed by atoms with Gasteiger partial charge in [0.1, 0.15) is 11.5 Å². The molecule has 174 valence electrons. The molecule has 7 rings (SSSR count). The Morgan fingerprint density at radius 1 is 0.917 bits per heavy atom. The highest BCUT2D eigenvalue weighted by molar-refractivity contribution is 7.15. The van der Waals surface area contributed by atoms with E-state index < -0.39 is 0 Å². The van der Waals surface area contributed by atoms with Crippen molar-refractivity contribution in [3.05, 3.63) is 132 Å². The van der Waals surface area contributed by atoms with Crippen molar-refractivity contribution in [3.63, 3.8) is 0 Å². The summed E-state index contributed by atoms with van der Waals surface area (Å²) < 4.78 is 8.92. The number of aryl methyl sites for hydroxylation is 1. The Balaban J connectivity index is 1.56. The number of nitrogens with zero attached hydrogens (tertiary/aromatic N) is 2. The number of aromatic nitrogens is 2. The highest BCUT2D eigenvalue weighted by atomic mass is 32.1. The molecule has 3 aromatic heterocycles. The summed E-state index contributed by atoms with van der Waals surface area (Å²) in [5.41, 5.74) is 6.09. The van der Waals surface area contributed by atoms with Gasteiger partial charge in [0, 0.05) is 17.1 Å². The number of thiazole rings is 1. The van der Waals surface area contributed by atoms with Gasteiger partial charge in [-0.1, -0.05) is 72.0 Å². The van der Waals surface area contributed by atoms with E-state index in [-0.39, 0.29) is 11.5 Å². The van der Waals surface area contributed by atoms with Crippen LogP contribution < -0.4 is 14.8 Å². The molecule has 1 atom stereocenters. The van der Waals surface area contributed by atoms with Gasteiger partial charge in [-0.2, -0.15) is 0 Å². The zero-order valence-corrected chi connectivity index (χ0v) is 21.0. The lowest BCUT2D eigenvalue weighted by Gasteiger charge is -2.30. The molecule has 6 heteroatoms. The van der Waals surface area contributed by atoms with Crippen LogP contribution in [-0.4, -0.2) is 9.38 Å². The molecular formula is C30H20N2O2S2. The minimum atomic E-state index is -0.0705. The van der Waals surface area contributed by atoms with Crippen LogP contribution in [0, 0.1) is 6.92 Å². The number of ether oxygens (including phenoxy) is 1. The Hall–Kier alpha value is -4.00. The van der Waals surface area contributed by atoms with Crippen LogP contribution in [0.25, 0.3) is 27.8 Å². The lowest BCUT2D eigenvalue weighted by atomic mass is 9.80. The van der Waals surface area contributed by atoms with Crippen LogP contribution >= 0.6 is 22.7 Å². The SMILES string of the molecule is Cc1ccccc1C1C(C=c2sc3nc4ccccc4n3c2=O)=C(c2cccs2)Oc2ccccc21. The smallest absolute Gasteiger partial charge is 0.274 e. The first-order chi connectivity index (χ1) is 17.7. The van der Waals surface area contributed by atoms with Gasteiger partial charge in [0.25, 0.3) is 5.56 Å². The largest absolute Gasteiger partial charge is 0.455 e. The predicted octanol–water partition coefficient (Wildman–Crippen LogP) is 6.41. The molecule has 0 bridgehead atoms. The van der Waals surface area contributed by atoms with Gasteiger partial charge in [-0.15, -0.1) is 11.3 Å². The van der Waals surface area contributed by atoms with Crippen LogP contribution in [0.3, 0.4) is 0 Å². The molecule has 0 spiro atoms. The maximum atomic E-state index is 13.7. The number of fused-ring (bicyclic) bond motifs is 4. The van der Waals surface area contributed by atoms with Crippen molar-refractivity contribution in [2.24, 2.45) is 0 Å². The van der Waals surface area contributed by atoms with Gasteiger partial charge in [0.15, 0.2) is 4.96 Å². The highest BCUT2D eigenvalue weighted by Crippen LogP contribution is 2.47. The molecule has 1 aliphatic rings. The zero-order chi connectivity index (χ0) is 24.2. The topological polar surface area (TPSA) is 43.6 Å². The van der Waals surface area contributed by atoms with E-state index in [2.05, 4.69) is 48.7 Å². The molecular weight excluding hydrogens is 484 g/mol. The van der Waals surface area contributed by atoms with Gasteiger partial charge in [-0.25, -0.2) is 9.38 Å². The van der Waals surface area contributed by atoms with Crippen molar-refractivity contribution < 1.29 is 4.74 Å². The molecule has 0 amide bonds. The third-order valence-corrected chi connectivity index (χ3v) is 8.53. The minimum absolute atomic E-state index is 0.0517. The van der Waals surface area contributed by atoms with Crippen molar-refractivity contribution in [1.82, 2.24) is 9.38 Å². The first kappa shape index (κ1) is 21.3. The van der Waals surface area contributed by atoms with Crippen LogP contribution in [0.2, 0.25) is 0 Å². The minimum Gasteiger partial charge on any atom is -0.455 e.